The van der Waals surface area contributed by atoms with Crippen LogP contribution in [-0.2, 0) is 0 Å². The number of benzene rings is 1. The number of carbonyl (C=O) groups is 1. The number of hydrogen-bond acceptors (Lipinski definition) is 2. The highest BCUT2D eigenvalue weighted by Gasteiger charge is 2.09. The van der Waals surface area contributed by atoms with Gasteiger partial charge in [-0.25, -0.2) is 0 Å². The fourth-order valence-corrected chi connectivity index (χ4v) is 1.61. The van der Waals surface area contributed by atoms with Crippen LogP contribution in [0.2, 0.25) is 0 Å². The summed E-state index contributed by atoms with van der Waals surface area (Å²) in [6, 6.07) is 7.20. The Morgan fingerprint density at radius 2 is 2.23 bits per heavy atom. The first kappa shape index (κ1) is 8.31. The Kier molecular flexibility index (Phi) is 1.84. The highest BCUT2D eigenvalue weighted by molar-refractivity contribution is 9.10. The van der Waals surface area contributed by atoms with E-state index in [9.17, 15) is 4.79 Å². The second-order valence-corrected chi connectivity index (χ2v) is 3.49. The van der Waals surface area contributed by atoms with Crippen molar-refractivity contribution in [3.8, 4) is 0 Å². The molecule has 1 aromatic heterocycles. The van der Waals surface area contributed by atoms with Gasteiger partial charge in [-0.3, -0.25) is 4.79 Å². The fraction of sp³-hybridized carbons (Fsp3) is 0. The molecule has 4 heteroatoms. The summed E-state index contributed by atoms with van der Waals surface area (Å²) < 4.78 is 6.06. The zero-order valence-corrected chi connectivity index (χ0v) is 8.17. The van der Waals surface area contributed by atoms with Gasteiger partial charge in [-0.05, 0) is 28.1 Å². The number of furan rings is 1. The van der Waals surface area contributed by atoms with Crippen molar-refractivity contribution in [3.63, 3.8) is 0 Å². The lowest BCUT2D eigenvalue weighted by Gasteiger charge is -1.89. The molecule has 0 atom stereocenters. The number of carbonyl (C=O) groups excluding carboxylic acids is 1. The van der Waals surface area contributed by atoms with Crippen LogP contribution < -0.4 is 5.73 Å². The van der Waals surface area contributed by atoms with E-state index in [1.165, 1.54) is 0 Å². The van der Waals surface area contributed by atoms with Crippen LogP contribution in [0.1, 0.15) is 10.6 Å². The molecule has 0 aliphatic heterocycles. The van der Waals surface area contributed by atoms with Crippen molar-refractivity contribution in [2.45, 2.75) is 0 Å². The first-order valence-electron chi connectivity index (χ1n) is 3.66. The van der Waals surface area contributed by atoms with Gasteiger partial charge >= 0.3 is 0 Å². The molecule has 0 fully saturated rings. The van der Waals surface area contributed by atoms with E-state index >= 15 is 0 Å². The van der Waals surface area contributed by atoms with Crippen LogP contribution in [0.5, 0.6) is 0 Å². The average Bonchev–Trinajstić information content (AvgIpc) is 2.49. The second-order valence-electron chi connectivity index (χ2n) is 2.63. The number of nitrogens with two attached hydrogens (primary N) is 1. The molecule has 1 amide bonds. The van der Waals surface area contributed by atoms with Gasteiger partial charge in [0.25, 0.3) is 5.91 Å². The molecule has 0 spiro atoms. The molecule has 2 aromatic rings. The number of primary amides is 1. The van der Waals surface area contributed by atoms with Gasteiger partial charge in [0.1, 0.15) is 5.58 Å². The molecule has 0 radical (unpaired) electrons. The Bertz CT molecular complexity index is 475. The summed E-state index contributed by atoms with van der Waals surface area (Å²) in [5, 5.41) is 0.864. The normalized spacial score (nSPS) is 10.5. The minimum atomic E-state index is -0.553. The SMILES string of the molecule is NC(=O)c1cc2cccc(Br)c2o1. The van der Waals surface area contributed by atoms with E-state index in [1.54, 1.807) is 6.07 Å². The van der Waals surface area contributed by atoms with Crippen LogP contribution in [0.25, 0.3) is 11.0 Å². The van der Waals surface area contributed by atoms with E-state index in [2.05, 4.69) is 15.9 Å². The Labute approximate surface area is 82.6 Å². The third-order valence-electron chi connectivity index (χ3n) is 1.74. The Balaban J connectivity index is 2.75. The van der Waals surface area contributed by atoms with Gasteiger partial charge in [0.2, 0.25) is 0 Å². The molecular weight excluding hydrogens is 234 g/mol. The summed E-state index contributed by atoms with van der Waals surface area (Å²) in [6.45, 7) is 0. The van der Waals surface area contributed by atoms with Crippen molar-refractivity contribution >= 4 is 32.8 Å². The highest BCUT2D eigenvalue weighted by Crippen LogP contribution is 2.26. The minimum absolute atomic E-state index is 0.182. The van der Waals surface area contributed by atoms with Crippen LogP contribution in [0.3, 0.4) is 0 Å². The zero-order valence-electron chi connectivity index (χ0n) is 6.58. The van der Waals surface area contributed by atoms with Gasteiger partial charge in [0.05, 0.1) is 4.47 Å². The highest BCUT2D eigenvalue weighted by atomic mass is 79.9. The molecule has 66 valence electrons. The number of rotatable bonds is 1. The fourth-order valence-electron chi connectivity index (χ4n) is 1.15. The summed E-state index contributed by atoms with van der Waals surface area (Å²) in [4.78, 5) is 10.8. The van der Waals surface area contributed by atoms with Gasteiger partial charge in [-0.15, -0.1) is 0 Å². The summed E-state index contributed by atoms with van der Waals surface area (Å²) in [7, 11) is 0. The quantitative estimate of drug-likeness (QED) is 0.831. The summed E-state index contributed by atoms with van der Waals surface area (Å²) in [5.41, 5.74) is 5.73. The second kappa shape index (κ2) is 2.88. The van der Waals surface area contributed by atoms with E-state index in [4.69, 9.17) is 10.2 Å². The molecule has 1 aromatic carbocycles. The number of fused-ring (bicyclic) bond motifs is 1. The molecule has 0 saturated carbocycles. The van der Waals surface area contributed by atoms with Crippen LogP contribution in [0.4, 0.5) is 0 Å². The van der Waals surface area contributed by atoms with Crippen molar-refractivity contribution in [2.75, 3.05) is 0 Å². The molecule has 0 unspecified atom stereocenters. The maximum absolute atomic E-state index is 10.8. The molecule has 3 nitrogen and oxygen atoms in total. The van der Waals surface area contributed by atoms with E-state index in [1.807, 2.05) is 18.2 Å². The predicted molar refractivity (Wildman–Crippen MR) is 52.4 cm³/mol. The lowest BCUT2D eigenvalue weighted by Crippen LogP contribution is -2.08. The lowest BCUT2D eigenvalue weighted by atomic mass is 10.2. The smallest absolute Gasteiger partial charge is 0.284 e. The van der Waals surface area contributed by atoms with Crippen molar-refractivity contribution in [3.05, 3.63) is 34.5 Å². The van der Waals surface area contributed by atoms with Crippen molar-refractivity contribution in [2.24, 2.45) is 5.73 Å². The van der Waals surface area contributed by atoms with E-state index in [0.717, 1.165) is 9.86 Å². The van der Waals surface area contributed by atoms with Crippen molar-refractivity contribution in [1.29, 1.82) is 0 Å². The van der Waals surface area contributed by atoms with E-state index in [-0.39, 0.29) is 5.76 Å². The average molecular weight is 240 g/mol. The van der Waals surface area contributed by atoms with Crippen LogP contribution in [-0.4, -0.2) is 5.91 Å². The lowest BCUT2D eigenvalue weighted by molar-refractivity contribution is 0.0976. The Hall–Kier alpha value is -1.29. The van der Waals surface area contributed by atoms with Crippen molar-refractivity contribution < 1.29 is 9.21 Å². The van der Waals surface area contributed by atoms with Crippen LogP contribution >= 0.6 is 15.9 Å². The Morgan fingerprint density at radius 3 is 2.85 bits per heavy atom. The molecule has 13 heavy (non-hydrogen) atoms. The molecule has 2 N–H and O–H groups in total. The molecule has 0 saturated heterocycles. The third-order valence-corrected chi connectivity index (χ3v) is 2.36. The largest absolute Gasteiger partial charge is 0.450 e. The van der Waals surface area contributed by atoms with Gasteiger partial charge in [0, 0.05) is 5.39 Å². The summed E-state index contributed by atoms with van der Waals surface area (Å²) >= 11 is 3.31. The third kappa shape index (κ3) is 1.33. The molecule has 0 bridgehead atoms. The predicted octanol–water partition coefficient (Wildman–Crippen LogP) is 2.29. The molecular formula is C9H6BrNO2. The molecule has 0 aliphatic carbocycles. The summed E-state index contributed by atoms with van der Waals surface area (Å²) in [6.07, 6.45) is 0. The topological polar surface area (TPSA) is 56.2 Å². The van der Waals surface area contributed by atoms with E-state index in [0.29, 0.717) is 5.58 Å². The number of para-hydroxylation sites is 1. The first-order valence-corrected chi connectivity index (χ1v) is 4.45. The standard InChI is InChI=1S/C9H6BrNO2/c10-6-3-1-2-5-4-7(9(11)12)13-8(5)6/h1-4H,(H2,11,12). The minimum Gasteiger partial charge on any atom is -0.450 e. The van der Waals surface area contributed by atoms with Crippen molar-refractivity contribution in [1.82, 2.24) is 0 Å². The van der Waals surface area contributed by atoms with Crippen LogP contribution in [0, 0.1) is 0 Å². The van der Waals surface area contributed by atoms with Crippen LogP contribution in [0.15, 0.2) is 33.2 Å². The maximum Gasteiger partial charge on any atom is 0.284 e. The first-order chi connectivity index (χ1) is 6.18. The molecule has 0 aliphatic rings. The molecule has 2 rings (SSSR count). The van der Waals surface area contributed by atoms with Gasteiger partial charge < -0.3 is 10.2 Å². The number of amides is 1. The molecule has 1 heterocycles. The van der Waals surface area contributed by atoms with Gasteiger partial charge in [-0.2, -0.15) is 0 Å². The number of halogens is 1. The number of hydrogen-bond donors (Lipinski definition) is 1. The van der Waals surface area contributed by atoms with Gasteiger partial charge in [0.15, 0.2) is 5.76 Å². The Morgan fingerprint density at radius 1 is 1.46 bits per heavy atom. The van der Waals surface area contributed by atoms with E-state index < -0.39 is 5.91 Å². The maximum atomic E-state index is 10.8. The monoisotopic (exact) mass is 239 g/mol. The summed E-state index contributed by atoms with van der Waals surface area (Å²) in [5.74, 6) is -0.370. The van der Waals surface area contributed by atoms with Gasteiger partial charge in [-0.1, -0.05) is 12.1 Å². The zero-order chi connectivity index (χ0) is 9.42.